The lowest BCUT2D eigenvalue weighted by Gasteiger charge is -2.14. The molecule has 0 heterocycles. The number of rotatable bonds is 6. The maximum Gasteiger partial charge on any atom is 0.218 e. The number of methoxy groups -OCH3 is 1. The van der Waals surface area contributed by atoms with Crippen molar-refractivity contribution in [3.8, 4) is 17.6 Å². The quantitative estimate of drug-likeness (QED) is 0.599. The van der Waals surface area contributed by atoms with Crippen LogP contribution >= 0.6 is 23.2 Å². The lowest BCUT2D eigenvalue weighted by Crippen LogP contribution is -2.07. The number of hydrogen-bond donors (Lipinski definition) is 0. The van der Waals surface area contributed by atoms with Gasteiger partial charge in [0, 0.05) is 5.02 Å². The first kappa shape index (κ1) is 21.1. The molecule has 0 saturated carbocycles. The smallest absolute Gasteiger partial charge is 0.218 e. The Kier molecular flexibility index (Phi) is 6.77. The molecule has 2 aromatic rings. The van der Waals surface area contributed by atoms with E-state index in [1.54, 1.807) is 24.3 Å². The van der Waals surface area contributed by atoms with Crippen molar-refractivity contribution >= 4 is 39.1 Å². The van der Waals surface area contributed by atoms with Gasteiger partial charge in [-0.3, -0.25) is 0 Å². The van der Waals surface area contributed by atoms with Gasteiger partial charge in [0.05, 0.1) is 23.1 Å². The van der Waals surface area contributed by atoms with Gasteiger partial charge < -0.3 is 9.47 Å². The van der Waals surface area contributed by atoms with Crippen LogP contribution in [0.5, 0.6) is 11.5 Å². The average molecular weight is 426 g/mol. The Labute approximate surface area is 168 Å². The zero-order chi connectivity index (χ0) is 20.2. The summed E-state index contributed by atoms with van der Waals surface area (Å²) in [6.45, 7) is 3.75. The maximum absolute atomic E-state index is 12.8. The summed E-state index contributed by atoms with van der Waals surface area (Å²) in [7, 11) is -2.66. The van der Waals surface area contributed by atoms with Crippen LogP contribution in [0.4, 0.5) is 0 Å². The minimum Gasteiger partial charge on any atom is -0.493 e. The van der Waals surface area contributed by atoms with Crippen molar-refractivity contribution in [2.45, 2.75) is 24.8 Å². The first-order valence-electron chi connectivity index (χ1n) is 7.85. The van der Waals surface area contributed by atoms with Crippen molar-refractivity contribution in [1.29, 1.82) is 5.26 Å². The topological polar surface area (TPSA) is 76.4 Å². The summed E-state index contributed by atoms with van der Waals surface area (Å²) in [6.07, 6.45) is 1.19. The van der Waals surface area contributed by atoms with Crippen LogP contribution in [0.15, 0.2) is 46.2 Å². The summed E-state index contributed by atoms with van der Waals surface area (Å²) in [5, 5.41) is 9.60. The predicted molar refractivity (Wildman–Crippen MR) is 106 cm³/mol. The second kappa shape index (κ2) is 8.66. The van der Waals surface area contributed by atoms with E-state index in [0.29, 0.717) is 17.1 Å². The minimum atomic E-state index is -4.14. The molecule has 8 heteroatoms. The fourth-order valence-electron chi connectivity index (χ4n) is 2.25. The number of nitriles is 1. The van der Waals surface area contributed by atoms with Gasteiger partial charge in [-0.15, -0.1) is 0 Å². The van der Waals surface area contributed by atoms with Gasteiger partial charge in [0.15, 0.2) is 11.5 Å². The summed E-state index contributed by atoms with van der Waals surface area (Å²) >= 11 is 11.9. The maximum atomic E-state index is 12.8. The monoisotopic (exact) mass is 425 g/mol. The summed E-state index contributed by atoms with van der Waals surface area (Å²) < 4.78 is 36.5. The second-order valence-electron chi connectivity index (χ2n) is 5.78. The highest BCUT2D eigenvalue weighted by Crippen LogP contribution is 2.32. The molecule has 2 rings (SSSR count). The molecular formula is C19H17Cl2NO4S. The molecule has 0 radical (unpaired) electrons. The molecule has 2 aromatic carbocycles. The van der Waals surface area contributed by atoms with Crippen LogP contribution in [0, 0.1) is 11.3 Å². The highest BCUT2D eigenvalue weighted by atomic mass is 35.5. The van der Waals surface area contributed by atoms with E-state index in [4.69, 9.17) is 32.7 Å². The summed E-state index contributed by atoms with van der Waals surface area (Å²) in [6, 6.07) is 10.6. The van der Waals surface area contributed by atoms with Crippen molar-refractivity contribution in [2.24, 2.45) is 0 Å². The van der Waals surface area contributed by atoms with Gasteiger partial charge in [0.1, 0.15) is 11.0 Å². The molecule has 0 amide bonds. The molecule has 0 fully saturated rings. The number of sulfone groups is 1. The van der Waals surface area contributed by atoms with Gasteiger partial charge in [0.2, 0.25) is 9.84 Å². The Hall–Kier alpha value is -2.20. The Bertz CT molecular complexity index is 1020. The molecule has 0 bridgehead atoms. The molecule has 142 valence electrons. The van der Waals surface area contributed by atoms with Gasteiger partial charge in [-0.2, -0.15) is 5.26 Å². The fourth-order valence-corrected chi connectivity index (χ4v) is 4.16. The van der Waals surface area contributed by atoms with E-state index < -0.39 is 14.7 Å². The normalized spacial score (nSPS) is 12.0. The van der Waals surface area contributed by atoms with Crippen molar-refractivity contribution in [2.75, 3.05) is 7.11 Å². The van der Waals surface area contributed by atoms with Crippen LogP contribution in [-0.2, 0) is 9.84 Å². The van der Waals surface area contributed by atoms with E-state index in [2.05, 4.69) is 0 Å². The zero-order valence-electron chi connectivity index (χ0n) is 14.9. The zero-order valence-corrected chi connectivity index (χ0v) is 17.2. The van der Waals surface area contributed by atoms with Crippen LogP contribution in [0.1, 0.15) is 19.4 Å². The lowest BCUT2D eigenvalue weighted by atomic mass is 10.2. The van der Waals surface area contributed by atoms with E-state index in [1.807, 2.05) is 13.8 Å². The molecule has 0 N–H and O–H groups in total. The molecule has 0 aliphatic heterocycles. The van der Waals surface area contributed by atoms with E-state index in [9.17, 15) is 13.7 Å². The van der Waals surface area contributed by atoms with Crippen LogP contribution < -0.4 is 9.47 Å². The van der Waals surface area contributed by atoms with Gasteiger partial charge in [0.25, 0.3) is 0 Å². The Morgan fingerprint density at radius 3 is 2.44 bits per heavy atom. The Morgan fingerprint density at radius 2 is 1.85 bits per heavy atom. The molecule has 0 aliphatic rings. The molecule has 0 unspecified atom stereocenters. The lowest BCUT2D eigenvalue weighted by molar-refractivity contribution is 0.230. The van der Waals surface area contributed by atoms with Gasteiger partial charge >= 0.3 is 0 Å². The van der Waals surface area contributed by atoms with Crippen LogP contribution in [-0.4, -0.2) is 21.6 Å². The summed E-state index contributed by atoms with van der Waals surface area (Å²) in [4.78, 5) is -0.692. The van der Waals surface area contributed by atoms with E-state index in [1.165, 1.54) is 31.4 Å². The first-order valence-corrected chi connectivity index (χ1v) is 10.1. The third-order valence-electron chi connectivity index (χ3n) is 3.43. The number of ether oxygens (including phenoxy) is 2. The third-order valence-corrected chi connectivity index (χ3v) is 5.81. The number of benzene rings is 2. The number of nitrogens with zero attached hydrogens (tertiary/aromatic N) is 1. The molecule has 0 spiro atoms. The standard InChI is InChI=1S/C19H17Cl2NO4S/c1-12(2)26-17-7-4-13(9-18(17)25-3)8-15(11-22)27(23,24)19-10-14(20)5-6-16(19)21/h4-10,12H,1-3H3/b15-8+. The molecule has 0 aliphatic carbocycles. The SMILES string of the molecule is COc1cc(/C=C(\C#N)S(=O)(=O)c2cc(Cl)ccc2Cl)ccc1OC(C)C. The third kappa shape index (κ3) is 4.95. The first-order chi connectivity index (χ1) is 12.7. The number of halogens is 2. The summed E-state index contributed by atoms with van der Waals surface area (Å²) in [5.74, 6) is 0.942. The minimum absolute atomic E-state index is 0.0150. The van der Waals surface area contributed by atoms with Gasteiger partial charge in [-0.1, -0.05) is 29.3 Å². The average Bonchev–Trinajstić information content (AvgIpc) is 2.61. The molecule has 27 heavy (non-hydrogen) atoms. The highest BCUT2D eigenvalue weighted by Gasteiger charge is 2.24. The van der Waals surface area contributed by atoms with Gasteiger partial charge in [-0.25, -0.2) is 8.42 Å². The van der Waals surface area contributed by atoms with Crippen molar-refractivity contribution < 1.29 is 17.9 Å². The number of hydrogen-bond acceptors (Lipinski definition) is 5. The number of allylic oxidation sites excluding steroid dienone is 1. The van der Waals surface area contributed by atoms with Crippen molar-refractivity contribution in [3.05, 3.63) is 56.9 Å². The van der Waals surface area contributed by atoms with Gasteiger partial charge in [-0.05, 0) is 55.8 Å². The van der Waals surface area contributed by atoms with Crippen LogP contribution in [0.25, 0.3) is 6.08 Å². The molecule has 0 saturated heterocycles. The highest BCUT2D eigenvalue weighted by molar-refractivity contribution is 7.95. The van der Waals surface area contributed by atoms with E-state index in [-0.39, 0.29) is 21.0 Å². The Balaban J connectivity index is 2.52. The molecule has 0 atom stereocenters. The predicted octanol–water partition coefficient (Wildman–Crippen LogP) is 5.13. The second-order valence-corrected chi connectivity index (χ2v) is 8.51. The Morgan fingerprint density at radius 1 is 1.15 bits per heavy atom. The van der Waals surface area contributed by atoms with Crippen LogP contribution in [0.2, 0.25) is 10.0 Å². The van der Waals surface area contributed by atoms with E-state index >= 15 is 0 Å². The largest absolute Gasteiger partial charge is 0.493 e. The van der Waals surface area contributed by atoms with Crippen molar-refractivity contribution in [3.63, 3.8) is 0 Å². The van der Waals surface area contributed by atoms with E-state index in [0.717, 1.165) is 0 Å². The van der Waals surface area contributed by atoms with Crippen molar-refractivity contribution in [1.82, 2.24) is 0 Å². The molecular weight excluding hydrogens is 409 g/mol. The summed E-state index contributed by atoms with van der Waals surface area (Å²) in [5.41, 5.74) is 0.459. The molecule has 0 aromatic heterocycles. The molecule has 5 nitrogen and oxygen atoms in total. The van der Waals surface area contributed by atoms with Crippen LogP contribution in [0.3, 0.4) is 0 Å². The fraction of sp³-hybridized carbons (Fsp3) is 0.211.